The number of anilines is 2. The molecular weight excluding hydrogens is 585 g/mol. The van der Waals surface area contributed by atoms with Gasteiger partial charge < -0.3 is 32.2 Å². The minimum Gasteiger partial charge on any atom is -0.508 e. The first kappa shape index (κ1) is 30.0. The summed E-state index contributed by atoms with van der Waals surface area (Å²) in [6.07, 6.45) is 0.764. The number of nitrogens with two attached hydrogens (primary N) is 2. The number of primary amides is 1. The van der Waals surface area contributed by atoms with Gasteiger partial charge in [-0.1, -0.05) is 36.4 Å². The average molecular weight is 616 g/mol. The van der Waals surface area contributed by atoms with Crippen molar-refractivity contribution in [2.24, 2.45) is 11.5 Å². The monoisotopic (exact) mass is 615 g/mol. The van der Waals surface area contributed by atoms with Crippen molar-refractivity contribution in [3.8, 4) is 16.9 Å². The molecule has 0 saturated heterocycles. The third-order valence-electron chi connectivity index (χ3n) is 7.91. The molecular formula is C36H30FN5O4. The highest BCUT2D eigenvalue weighted by molar-refractivity contribution is 6.20. The quantitative estimate of drug-likeness (QED) is 0.114. The number of halogens is 1. The molecule has 6 rings (SSSR count). The van der Waals surface area contributed by atoms with Crippen LogP contribution >= 0.6 is 0 Å². The van der Waals surface area contributed by atoms with Crippen LogP contribution in [0.15, 0.2) is 97.1 Å². The molecule has 0 aliphatic rings. The van der Waals surface area contributed by atoms with Gasteiger partial charge in [-0.3, -0.25) is 14.4 Å². The highest BCUT2D eigenvalue weighted by Gasteiger charge is 2.20. The Labute approximate surface area is 263 Å². The van der Waals surface area contributed by atoms with Gasteiger partial charge in [-0.15, -0.1) is 0 Å². The number of nitrogens with one attached hydrogen (secondary N) is 3. The van der Waals surface area contributed by atoms with E-state index in [1.165, 1.54) is 24.3 Å². The third-order valence-corrected chi connectivity index (χ3v) is 7.91. The molecule has 0 unspecified atom stereocenters. The van der Waals surface area contributed by atoms with Crippen molar-refractivity contribution >= 4 is 50.9 Å². The van der Waals surface area contributed by atoms with Crippen molar-refractivity contribution in [1.82, 2.24) is 4.98 Å². The lowest BCUT2D eigenvalue weighted by atomic mass is 9.92. The summed E-state index contributed by atoms with van der Waals surface area (Å²) >= 11 is 0. The number of rotatable bonds is 9. The number of amides is 3. The minimum absolute atomic E-state index is 0.0942. The Balaban J connectivity index is 1.36. The summed E-state index contributed by atoms with van der Waals surface area (Å²) in [6.45, 7) is 0.0942. The lowest BCUT2D eigenvalue weighted by Crippen LogP contribution is -2.15. The van der Waals surface area contributed by atoms with Crippen molar-refractivity contribution in [1.29, 1.82) is 0 Å². The first-order chi connectivity index (χ1) is 22.2. The summed E-state index contributed by atoms with van der Waals surface area (Å²) in [7, 11) is 0. The fourth-order valence-corrected chi connectivity index (χ4v) is 5.64. The first-order valence-corrected chi connectivity index (χ1v) is 14.6. The second-order valence-electron chi connectivity index (χ2n) is 10.9. The molecule has 0 aliphatic carbocycles. The van der Waals surface area contributed by atoms with Crippen LogP contribution in [0.3, 0.4) is 0 Å². The number of fused-ring (bicyclic) bond motifs is 3. The van der Waals surface area contributed by atoms with E-state index in [0.29, 0.717) is 45.5 Å². The maximum absolute atomic E-state index is 13.4. The number of aromatic hydroxyl groups is 1. The first-order valence-electron chi connectivity index (χ1n) is 14.6. The van der Waals surface area contributed by atoms with E-state index >= 15 is 0 Å². The van der Waals surface area contributed by atoms with Gasteiger partial charge in [0.15, 0.2) is 0 Å². The van der Waals surface area contributed by atoms with Crippen molar-refractivity contribution in [2.75, 3.05) is 10.6 Å². The topological polar surface area (TPSA) is 163 Å². The Morgan fingerprint density at radius 3 is 2.33 bits per heavy atom. The fourth-order valence-electron chi connectivity index (χ4n) is 5.64. The zero-order valence-electron chi connectivity index (χ0n) is 24.6. The molecule has 0 saturated carbocycles. The third kappa shape index (κ3) is 6.01. The minimum atomic E-state index is -0.606. The number of aryl methyl sites for hydroxylation is 1. The summed E-state index contributed by atoms with van der Waals surface area (Å²) in [5.41, 5.74) is 18.0. The Bertz CT molecular complexity index is 2120. The van der Waals surface area contributed by atoms with E-state index in [4.69, 9.17) is 11.5 Å². The molecule has 0 atom stereocenters. The molecule has 1 heterocycles. The number of benzene rings is 5. The molecule has 46 heavy (non-hydrogen) atoms. The van der Waals surface area contributed by atoms with Crippen LogP contribution in [-0.4, -0.2) is 27.8 Å². The van der Waals surface area contributed by atoms with E-state index in [1.54, 1.807) is 60.7 Å². The molecule has 3 amide bonds. The smallest absolute Gasteiger partial charge is 0.255 e. The zero-order chi connectivity index (χ0) is 32.4. The van der Waals surface area contributed by atoms with E-state index in [0.717, 1.165) is 27.5 Å². The molecule has 1 aromatic heterocycles. The predicted octanol–water partition coefficient (Wildman–Crippen LogP) is 6.21. The number of H-pyrrole nitrogens is 1. The van der Waals surface area contributed by atoms with Gasteiger partial charge in [-0.05, 0) is 89.3 Å². The number of carbonyl (C=O) groups excluding carboxylic acids is 3. The number of phenols is 1. The summed E-state index contributed by atoms with van der Waals surface area (Å²) in [6, 6.07) is 26.3. The maximum Gasteiger partial charge on any atom is 0.255 e. The summed E-state index contributed by atoms with van der Waals surface area (Å²) in [5, 5.41) is 16.8. The van der Waals surface area contributed by atoms with Crippen LogP contribution in [-0.2, 0) is 17.8 Å². The highest BCUT2D eigenvalue weighted by atomic mass is 19.1. The number of phenolic OH excluding ortho intramolecular Hbond substituents is 1. The summed E-state index contributed by atoms with van der Waals surface area (Å²) in [4.78, 5) is 41.5. The van der Waals surface area contributed by atoms with Gasteiger partial charge in [0.2, 0.25) is 5.91 Å². The predicted molar refractivity (Wildman–Crippen MR) is 177 cm³/mol. The van der Waals surface area contributed by atoms with Crippen molar-refractivity contribution in [3.05, 3.63) is 125 Å². The molecule has 0 aliphatic heterocycles. The van der Waals surface area contributed by atoms with Gasteiger partial charge in [0, 0.05) is 46.2 Å². The van der Waals surface area contributed by atoms with Gasteiger partial charge in [0.1, 0.15) is 11.6 Å². The van der Waals surface area contributed by atoms with Gasteiger partial charge in [-0.2, -0.15) is 0 Å². The maximum atomic E-state index is 13.4. The molecule has 230 valence electrons. The number of hydrogen-bond donors (Lipinski definition) is 6. The van der Waals surface area contributed by atoms with Gasteiger partial charge >= 0.3 is 0 Å². The lowest BCUT2D eigenvalue weighted by Gasteiger charge is -2.16. The van der Waals surface area contributed by atoms with Crippen LogP contribution in [0.1, 0.15) is 38.3 Å². The Morgan fingerprint density at radius 2 is 1.61 bits per heavy atom. The van der Waals surface area contributed by atoms with Crippen LogP contribution in [0, 0.1) is 5.82 Å². The summed E-state index contributed by atoms with van der Waals surface area (Å²) < 4.78 is 13.4. The normalized spacial score (nSPS) is 11.1. The number of hydrogen-bond acceptors (Lipinski definition) is 5. The Kier molecular flexibility index (Phi) is 8.19. The second kappa shape index (κ2) is 12.5. The van der Waals surface area contributed by atoms with Crippen LogP contribution in [0.5, 0.6) is 5.75 Å². The molecule has 0 fully saturated rings. The van der Waals surface area contributed by atoms with Gasteiger partial charge in [-0.25, -0.2) is 4.39 Å². The van der Waals surface area contributed by atoms with Gasteiger partial charge in [0.05, 0.1) is 11.1 Å². The van der Waals surface area contributed by atoms with Crippen molar-refractivity contribution in [3.63, 3.8) is 0 Å². The van der Waals surface area contributed by atoms with E-state index in [1.807, 2.05) is 12.1 Å². The lowest BCUT2D eigenvalue weighted by molar-refractivity contribution is -0.116. The largest absolute Gasteiger partial charge is 0.508 e. The molecule has 6 aromatic rings. The molecule has 10 heteroatoms. The standard InChI is InChI=1S/C36H30FN5O4/c37-22-9-7-21(8-10-22)36(46)42-30-3-1-2-25(29(30)19-38)26-15-16-28(35(39)45)34-33(26)27-14-11-23(18-31(27)41-34)40-32(44)17-6-20-4-12-24(43)13-5-20/h1-5,7-16,18,41,43H,6,17,19,38H2,(H2,39,45)(H,40,44)(H,42,46). The molecule has 5 aromatic carbocycles. The number of aromatic nitrogens is 1. The number of carbonyl (C=O) groups is 3. The summed E-state index contributed by atoms with van der Waals surface area (Å²) in [5.74, 6) is -1.46. The highest BCUT2D eigenvalue weighted by Crippen LogP contribution is 2.40. The van der Waals surface area contributed by atoms with E-state index in [-0.39, 0.29) is 24.6 Å². The van der Waals surface area contributed by atoms with Crippen LogP contribution in [0.4, 0.5) is 15.8 Å². The SMILES string of the molecule is NCc1c(NC(=O)c2ccc(F)cc2)cccc1-c1ccc(C(N)=O)c2[nH]c3cc(NC(=O)CCc4ccc(O)cc4)ccc3c12. The molecule has 8 N–H and O–H groups in total. The molecule has 0 radical (unpaired) electrons. The molecule has 0 bridgehead atoms. The second-order valence-corrected chi connectivity index (χ2v) is 10.9. The van der Waals surface area contributed by atoms with E-state index in [2.05, 4.69) is 15.6 Å². The molecule has 0 spiro atoms. The van der Waals surface area contributed by atoms with E-state index < -0.39 is 17.6 Å². The Morgan fingerprint density at radius 1 is 0.848 bits per heavy atom. The average Bonchev–Trinajstić information content (AvgIpc) is 3.43. The van der Waals surface area contributed by atoms with Crippen molar-refractivity contribution < 1.29 is 23.9 Å². The van der Waals surface area contributed by atoms with Crippen LogP contribution in [0.2, 0.25) is 0 Å². The fraction of sp³-hybridized carbons (Fsp3) is 0.0833. The van der Waals surface area contributed by atoms with Gasteiger partial charge in [0.25, 0.3) is 11.8 Å². The zero-order valence-corrected chi connectivity index (χ0v) is 24.6. The van der Waals surface area contributed by atoms with E-state index in [9.17, 15) is 23.9 Å². The van der Waals surface area contributed by atoms with Crippen LogP contribution < -0.4 is 22.1 Å². The number of aromatic amines is 1. The molecule has 9 nitrogen and oxygen atoms in total. The Hall–Kier alpha value is -6.00. The van der Waals surface area contributed by atoms with Crippen molar-refractivity contribution in [2.45, 2.75) is 19.4 Å². The van der Waals surface area contributed by atoms with Crippen LogP contribution in [0.25, 0.3) is 32.9 Å².